The van der Waals surface area contributed by atoms with E-state index in [-0.39, 0.29) is 11.8 Å². The first-order valence-electron chi connectivity index (χ1n) is 5.89. The van der Waals surface area contributed by atoms with E-state index in [1.54, 1.807) is 0 Å². The van der Waals surface area contributed by atoms with Gasteiger partial charge in [0.25, 0.3) is 0 Å². The molecule has 0 spiro atoms. The Morgan fingerprint density at radius 2 is 2.15 bits per heavy atom. The highest BCUT2D eigenvalue weighted by atomic mass is 35.5. The largest absolute Gasteiger partial charge is 0.337 e. The summed E-state index contributed by atoms with van der Waals surface area (Å²) in [6.45, 7) is 0.579. The standard InChI is InChI=1S/C14H12ClN3OS/c15-8-13(19)17-12-5-2-1-4-11(12)9-18-7-3-6-14(18)20-10-16/h1-7H,8-9H2,(H,17,19). The number of anilines is 1. The van der Waals surface area contributed by atoms with E-state index in [4.69, 9.17) is 16.9 Å². The topological polar surface area (TPSA) is 57.8 Å². The number of aromatic nitrogens is 1. The van der Waals surface area contributed by atoms with Crippen LogP contribution in [0, 0.1) is 10.7 Å². The Hall–Kier alpha value is -1.90. The van der Waals surface area contributed by atoms with Gasteiger partial charge in [0.05, 0.1) is 11.6 Å². The quantitative estimate of drug-likeness (QED) is 0.524. The SMILES string of the molecule is N#CSc1cccn1Cc1ccccc1NC(=O)CCl. The van der Waals surface area contributed by atoms with Crippen LogP contribution in [0.15, 0.2) is 47.6 Å². The highest BCUT2D eigenvalue weighted by Crippen LogP contribution is 2.22. The molecule has 1 aromatic heterocycles. The van der Waals surface area contributed by atoms with E-state index in [1.807, 2.05) is 47.2 Å². The van der Waals surface area contributed by atoms with E-state index >= 15 is 0 Å². The molecule has 0 unspecified atom stereocenters. The first-order valence-corrected chi connectivity index (χ1v) is 7.24. The van der Waals surface area contributed by atoms with Gasteiger partial charge in [-0.2, -0.15) is 5.26 Å². The number of carbonyl (C=O) groups is 1. The lowest BCUT2D eigenvalue weighted by molar-refractivity contribution is -0.113. The normalized spacial score (nSPS) is 10.0. The fraction of sp³-hybridized carbons (Fsp3) is 0.143. The molecule has 0 fully saturated rings. The molecule has 0 aliphatic rings. The Kier molecular flexibility index (Phi) is 5.10. The van der Waals surface area contributed by atoms with Crippen molar-refractivity contribution in [1.29, 1.82) is 5.26 Å². The number of rotatable bonds is 5. The van der Waals surface area contributed by atoms with E-state index in [2.05, 4.69) is 10.7 Å². The van der Waals surface area contributed by atoms with Crippen LogP contribution in [0.5, 0.6) is 0 Å². The number of hydrogen-bond donors (Lipinski definition) is 1. The second-order valence-electron chi connectivity index (χ2n) is 4.01. The predicted molar refractivity (Wildman–Crippen MR) is 80.8 cm³/mol. The van der Waals surface area contributed by atoms with E-state index < -0.39 is 0 Å². The smallest absolute Gasteiger partial charge is 0.239 e. The third-order valence-corrected chi connectivity index (χ3v) is 3.61. The van der Waals surface area contributed by atoms with Gasteiger partial charge in [0, 0.05) is 23.6 Å². The van der Waals surface area contributed by atoms with Crippen LogP contribution in [-0.2, 0) is 11.3 Å². The summed E-state index contributed by atoms with van der Waals surface area (Å²) in [5.41, 5.74) is 1.70. The van der Waals surface area contributed by atoms with Crippen molar-refractivity contribution in [3.8, 4) is 5.40 Å². The van der Waals surface area contributed by atoms with Crippen molar-refractivity contribution < 1.29 is 4.79 Å². The second kappa shape index (κ2) is 7.04. The zero-order valence-corrected chi connectivity index (χ0v) is 12.1. The lowest BCUT2D eigenvalue weighted by Gasteiger charge is -2.12. The number of hydrogen-bond acceptors (Lipinski definition) is 3. The minimum absolute atomic E-state index is 0.0760. The summed E-state index contributed by atoms with van der Waals surface area (Å²) in [5, 5.41) is 14.5. The Balaban J connectivity index is 2.23. The van der Waals surface area contributed by atoms with E-state index in [0.717, 1.165) is 28.0 Å². The van der Waals surface area contributed by atoms with Gasteiger partial charge in [-0.05, 0) is 23.8 Å². The number of amides is 1. The maximum atomic E-state index is 11.4. The average molecular weight is 306 g/mol. The van der Waals surface area contributed by atoms with E-state index in [9.17, 15) is 4.79 Å². The maximum Gasteiger partial charge on any atom is 0.239 e. The molecule has 4 nitrogen and oxygen atoms in total. The lowest BCUT2D eigenvalue weighted by Crippen LogP contribution is -2.14. The molecule has 6 heteroatoms. The summed E-state index contributed by atoms with van der Waals surface area (Å²) in [5.74, 6) is -0.314. The minimum Gasteiger partial charge on any atom is -0.337 e. The molecule has 2 aromatic rings. The maximum absolute atomic E-state index is 11.4. The van der Waals surface area contributed by atoms with Gasteiger partial charge in [-0.25, -0.2) is 0 Å². The molecule has 1 amide bonds. The molecule has 0 aliphatic carbocycles. The summed E-state index contributed by atoms with van der Waals surface area (Å²) >= 11 is 6.62. The number of nitrogens with zero attached hydrogens (tertiary/aromatic N) is 2. The van der Waals surface area contributed by atoms with Crippen LogP contribution in [0.4, 0.5) is 5.69 Å². The number of carbonyl (C=O) groups excluding carboxylic acids is 1. The van der Waals surface area contributed by atoms with Crippen LogP contribution in [0.1, 0.15) is 5.56 Å². The zero-order valence-electron chi connectivity index (χ0n) is 10.5. The first-order chi connectivity index (χ1) is 9.74. The lowest BCUT2D eigenvalue weighted by atomic mass is 10.1. The van der Waals surface area contributed by atoms with Gasteiger partial charge in [0.2, 0.25) is 5.91 Å². The Bertz CT molecular complexity index is 648. The zero-order chi connectivity index (χ0) is 14.4. The van der Waals surface area contributed by atoms with Gasteiger partial charge in [-0.15, -0.1) is 11.6 Å². The molecule has 0 aliphatic heterocycles. The average Bonchev–Trinajstić information content (AvgIpc) is 2.88. The van der Waals surface area contributed by atoms with Crippen LogP contribution in [0.3, 0.4) is 0 Å². The van der Waals surface area contributed by atoms with Gasteiger partial charge in [-0.3, -0.25) is 4.79 Å². The number of thiocyanates is 1. The summed E-state index contributed by atoms with van der Waals surface area (Å²) in [6, 6.07) is 11.3. The molecule has 0 atom stereocenters. The fourth-order valence-electron chi connectivity index (χ4n) is 1.82. The molecule has 0 saturated heterocycles. The van der Waals surface area contributed by atoms with Crippen LogP contribution in [-0.4, -0.2) is 16.4 Å². The van der Waals surface area contributed by atoms with Crippen LogP contribution < -0.4 is 5.32 Å². The molecule has 1 heterocycles. The summed E-state index contributed by atoms with van der Waals surface area (Å²) in [6.07, 6.45) is 1.90. The Labute approximate surface area is 126 Å². The van der Waals surface area contributed by atoms with Crippen LogP contribution >= 0.6 is 23.4 Å². The van der Waals surface area contributed by atoms with Crippen LogP contribution in [0.25, 0.3) is 0 Å². The highest BCUT2D eigenvalue weighted by molar-refractivity contribution is 8.03. The Morgan fingerprint density at radius 3 is 2.90 bits per heavy atom. The van der Waals surface area contributed by atoms with Crippen molar-refractivity contribution >= 4 is 35.0 Å². The molecular weight excluding hydrogens is 294 g/mol. The molecule has 0 bridgehead atoms. The van der Waals surface area contributed by atoms with Crippen molar-refractivity contribution in [2.75, 3.05) is 11.2 Å². The first kappa shape index (κ1) is 14.5. The molecule has 0 saturated carbocycles. The second-order valence-corrected chi connectivity index (χ2v) is 5.08. The third-order valence-electron chi connectivity index (χ3n) is 2.69. The number of nitriles is 1. The molecule has 2 rings (SSSR count). The molecule has 1 N–H and O–H groups in total. The highest BCUT2D eigenvalue weighted by Gasteiger charge is 2.08. The predicted octanol–water partition coefficient (Wildman–Crippen LogP) is 3.29. The number of halogens is 1. The fourth-order valence-corrected chi connectivity index (χ4v) is 2.37. The van der Waals surface area contributed by atoms with Crippen molar-refractivity contribution in [3.63, 3.8) is 0 Å². The van der Waals surface area contributed by atoms with Crippen molar-refractivity contribution in [3.05, 3.63) is 48.2 Å². The third kappa shape index (κ3) is 3.56. The molecule has 102 valence electrons. The molecule has 20 heavy (non-hydrogen) atoms. The van der Waals surface area contributed by atoms with Gasteiger partial charge < -0.3 is 9.88 Å². The minimum atomic E-state index is -0.238. The number of para-hydroxylation sites is 1. The monoisotopic (exact) mass is 305 g/mol. The van der Waals surface area contributed by atoms with Gasteiger partial charge in [0.15, 0.2) is 0 Å². The molecular formula is C14H12ClN3OS. The summed E-state index contributed by atoms with van der Waals surface area (Å²) in [7, 11) is 0. The number of benzene rings is 1. The number of alkyl halides is 1. The number of nitrogens with one attached hydrogen (secondary N) is 1. The van der Waals surface area contributed by atoms with Gasteiger partial charge >= 0.3 is 0 Å². The van der Waals surface area contributed by atoms with Crippen molar-refractivity contribution in [2.24, 2.45) is 0 Å². The van der Waals surface area contributed by atoms with E-state index in [0.29, 0.717) is 6.54 Å². The van der Waals surface area contributed by atoms with Gasteiger partial charge in [0.1, 0.15) is 11.3 Å². The van der Waals surface area contributed by atoms with Gasteiger partial charge in [-0.1, -0.05) is 18.2 Å². The van der Waals surface area contributed by atoms with E-state index in [1.165, 1.54) is 0 Å². The Morgan fingerprint density at radius 1 is 1.35 bits per heavy atom. The molecule has 0 radical (unpaired) electrons. The van der Waals surface area contributed by atoms with Crippen LogP contribution in [0.2, 0.25) is 0 Å². The number of thioether (sulfide) groups is 1. The summed E-state index contributed by atoms with van der Waals surface area (Å²) in [4.78, 5) is 11.4. The van der Waals surface area contributed by atoms with Crippen molar-refractivity contribution in [1.82, 2.24) is 4.57 Å². The summed E-state index contributed by atoms with van der Waals surface area (Å²) < 4.78 is 1.96. The van der Waals surface area contributed by atoms with Crippen molar-refractivity contribution in [2.45, 2.75) is 11.6 Å². The molecule has 1 aromatic carbocycles.